The normalized spacial score (nSPS) is 20.7. The first-order valence-corrected chi connectivity index (χ1v) is 9.48. The van der Waals surface area contributed by atoms with Gasteiger partial charge in [-0.05, 0) is 49.1 Å². The highest BCUT2D eigenvalue weighted by atomic mass is 32.1. The molecule has 5 nitrogen and oxygen atoms in total. The summed E-state index contributed by atoms with van der Waals surface area (Å²) in [6.07, 6.45) is 0.608. The summed E-state index contributed by atoms with van der Waals surface area (Å²) < 4.78 is 4.14. The van der Waals surface area contributed by atoms with Crippen molar-refractivity contribution in [3.8, 4) is 6.07 Å². The Hall–Kier alpha value is -3.04. The van der Waals surface area contributed by atoms with Crippen molar-refractivity contribution in [1.82, 2.24) is 9.36 Å². The van der Waals surface area contributed by atoms with Gasteiger partial charge in [0, 0.05) is 17.5 Å². The van der Waals surface area contributed by atoms with E-state index in [2.05, 4.69) is 20.7 Å². The van der Waals surface area contributed by atoms with Crippen LogP contribution in [0.2, 0.25) is 0 Å². The number of carbonyl (C=O) groups is 1. The van der Waals surface area contributed by atoms with Crippen molar-refractivity contribution in [1.29, 1.82) is 5.26 Å². The lowest BCUT2D eigenvalue weighted by Crippen LogP contribution is -2.37. The van der Waals surface area contributed by atoms with E-state index in [-0.39, 0.29) is 11.8 Å². The zero-order valence-electron chi connectivity index (χ0n) is 15.1. The summed E-state index contributed by atoms with van der Waals surface area (Å²) in [5.74, 6) is 0.437. The Bertz CT molecular complexity index is 1050. The molecule has 3 aromatic rings. The van der Waals surface area contributed by atoms with Gasteiger partial charge < -0.3 is 5.32 Å². The van der Waals surface area contributed by atoms with Gasteiger partial charge in [0.2, 0.25) is 11.0 Å². The number of aromatic nitrogens is 2. The minimum absolute atomic E-state index is 0.0813. The number of rotatable bonds is 3. The molecule has 6 heteroatoms. The van der Waals surface area contributed by atoms with Crippen molar-refractivity contribution in [2.75, 3.05) is 5.32 Å². The first-order valence-electron chi connectivity index (χ1n) is 8.71. The second-order valence-electron chi connectivity index (χ2n) is 7.06. The highest BCUT2D eigenvalue weighted by molar-refractivity contribution is 7.09. The van der Waals surface area contributed by atoms with Crippen LogP contribution >= 0.6 is 11.5 Å². The highest BCUT2D eigenvalue weighted by Crippen LogP contribution is 2.51. The van der Waals surface area contributed by atoms with E-state index in [0.29, 0.717) is 22.9 Å². The van der Waals surface area contributed by atoms with Gasteiger partial charge >= 0.3 is 0 Å². The quantitative estimate of drug-likeness (QED) is 0.750. The lowest BCUT2D eigenvalue weighted by molar-refractivity contribution is -0.125. The van der Waals surface area contributed by atoms with Crippen molar-refractivity contribution >= 4 is 22.6 Å². The number of amides is 1. The predicted molar refractivity (Wildman–Crippen MR) is 105 cm³/mol. The summed E-state index contributed by atoms with van der Waals surface area (Å²) >= 11 is 1.19. The Labute approximate surface area is 161 Å². The SMILES string of the molecule is Cc1nsc(NC(=O)[C@@]2(C)Cc3ccc(C#N)cc3[C@H]2c2ccccc2)n1. The van der Waals surface area contributed by atoms with Crippen LogP contribution < -0.4 is 5.32 Å². The third-order valence-electron chi connectivity index (χ3n) is 5.18. The van der Waals surface area contributed by atoms with Crippen LogP contribution in [-0.4, -0.2) is 15.3 Å². The topological polar surface area (TPSA) is 78.7 Å². The van der Waals surface area contributed by atoms with Gasteiger partial charge in [-0.25, -0.2) is 4.98 Å². The summed E-state index contributed by atoms with van der Waals surface area (Å²) in [5.41, 5.74) is 3.15. The monoisotopic (exact) mass is 374 g/mol. The minimum Gasteiger partial charge on any atom is -0.300 e. The van der Waals surface area contributed by atoms with E-state index in [4.69, 9.17) is 0 Å². The third kappa shape index (κ3) is 3.00. The Morgan fingerprint density at radius 1 is 1.30 bits per heavy atom. The fraction of sp³-hybridized carbons (Fsp3) is 0.238. The Morgan fingerprint density at radius 3 is 2.74 bits per heavy atom. The molecule has 1 heterocycles. The van der Waals surface area contributed by atoms with Gasteiger partial charge in [-0.2, -0.15) is 9.64 Å². The van der Waals surface area contributed by atoms with E-state index < -0.39 is 5.41 Å². The predicted octanol–water partition coefficient (Wildman–Crippen LogP) is 4.05. The number of nitrogens with one attached hydrogen (secondary N) is 1. The number of nitriles is 1. The average Bonchev–Trinajstić information content (AvgIpc) is 3.22. The van der Waals surface area contributed by atoms with E-state index in [1.54, 1.807) is 6.92 Å². The van der Waals surface area contributed by atoms with Gasteiger partial charge in [0.05, 0.1) is 17.0 Å². The van der Waals surface area contributed by atoms with Gasteiger partial charge in [-0.1, -0.05) is 36.4 Å². The molecule has 1 aliphatic carbocycles. The van der Waals surface area contributed by atoms with E-state index in [0.717, 1.165) is 16.7 Å². The van der Waals surface area contributed by atoms with Crippen molar-refractivity contribution in [3.05, 3.63) is 76.6 Å². The maximum Gasteiger partial charge on any atom is 0.233 e. The maximum atomic E-state index is 13.3. The molecule has 0 bridgehead atoms. The van der Waals surface area contributed by atoms with Gasteiger partial charge in [0.25, 0.3) is 0 Å². The van der Waals surface area contributed by atoms with Gasteiger partial charge in [-0.15, -0.1) is 0 Å². The summed E-state index contributed by atoms with van der Waals surface area (Å²) in [5, 5.41) is 12.8. The summed E-state index contributed by atoms with van der Waals surface area (Å²) in [6.45, 7) is 3.79. The van der Waals surface area contributed by atoms with Gasteiger partial charge in [0.1, 0.15) is 5.82 Å². The molecule has 0 aliphatic heterocycles. The smallest absolute Gasteiger partial charge is 0.233 e. The number of hydrogen-bond acceptors (Lipinski definition) is 5. The number of benzene rings is 2. The molecule has 1 aliphatic rings. The fourth-order valence-corrected chi connectivity index (χ4v) is 4.50. The number of aryl methyl sites for hydroxylation is 1. The number of hydrogen-bond donors (Lipinski definition) is 1. The Morgan fingerprint density at radius 2 is 2.07 bits per heavy atom. The number of fused-ring (bicyclic) bond motifs is 1. The molecule has 1 aromatic heterocycles. The standard InChI is InChI=1S/C21H18N4OS/c1-13-23-20(27-25-13)24-19(26)21(2)11-16-9-8-14(12-22)10-17(16)18(21)15-6-4-3-5-7-15/h3-10,18H,11H2,1-2H3,(H,23,24,25,26)/t18-,21+/m1/s1. The molecule has 0 saturated heterocycles. The first-order chi connectivity index (χ1) is 13.0. The van der Waals surface area contributed by atoms with Gasteiger partial charge in [0.15, 0.2) is 0 Å². The first kappa shape index (κ1) is 17.4. The van der Waals surface area contributed by atoms with E-state index in [1.165, 1.54) is 11.5 Å². The molecule has 27 heavy (non-hydrogen) atoms. The molecule has 1 amide bonds. The van der Waals surface area contributed by atoms with Crippen molar-refractivity contribution in [2.45, 2.75) is 26.2 Å². The summed E-state index contributed by atoms with van der Waals surface area (Å²) in [7, 11) is 0. The molecule has 0 fully saturated rings. The van der Waals surface area contributed by atoms with Crippen LogP contribution in [0.15, 0.2) is 48.5 Å². The second kappa shape index (κ2) is 6.60. The Kier molecular flexibility index (Phi) is 4.25. The lowest BCUT2D eigenvalue weighted by atomic mass is 9.73. The molecule has 4 rings (SSSR count). The zero-order chi connectivity index (χ0) is 19.0. The van der Waals surface area contributed by atoms with Crippen LogP contribution in [0.1, 0.15) is 40.9 Å². The lowest BCUT2D eigenvalue weighted by Gasteiger charge is -2.30. The highest BCUT2D eigenvalue weighted by Gasteiger charge is 2.49. The van der Waals surface area contributed by atoms with Crippen molar-refractivity contribution < 1.29 is 4.79 Å². The number of anilines is 1. The van der Waals surface area contributed by atoms with Crippen LogP contribution in [0.5, 0.6) is 0 Å². The van der Waals surface area contributed by atoms with Gasteiger partial charge in [-0.3, -0.25) is 4.79 Å². The maximum absolute atomic E-state index is 13.3. The number of nitrogens with zero attached hydrogens (tertiary/aromatic N) is 3. The van der Waals surface area contributed by atoms with Crippen molar-refractivity contribution in [2.24, 2.45) is 5.41 Å². The molecule has 2 aromatic carbocycles. The van der Waals surface area contributed by atoms with Crippen LogP contribution in [-0.2, 0) is 11.2 Å². The zero-order valence-corrected chi connectivity index (χ0v) is 15.9. The third-order valence-corrected chi connectivity index (χ3v) is 5.90. The average molecular weight is 374 g/mol. The molecular formula is C21H18N4OS. The van der Waals surface area contributed by atoms with Crippen LogP contribution in [0, 0.1) is 23.7 Å². The number of carbonyl (C=O) groups excluding carboxylic acids is 1. The van der Waals surface area contributed by atoms with E-state index in [9.17, 15) is 10.1 Å². The van der Waals surface area contributed by atoms with Crippen LogP contribution in [0.25, 0.3) is 0 Å². The molecule has 2 atom stereocenters. The van der Waals surface area contributed by atoms with Crippen molar-refractivity contribution in [3.63, 3.8) is 0 Å². The largest absolute Gasteiger partial charge is 0.300 e. The molecule has 0 radical (unpaired) electrons. The van der Waals surface area contributed by atoms with Crippen LogP contribution in [0.3, 0.4) is 0 Å². The molecule has 0 spiro atoms. The second-order valence-corrected chi connectivity index (χ2v) is 7.82. The summed E-state index contributed by atoms with van der Waals surface area (Å²) in [6, 6.07) is 17.9. The fourth-order valence-electron chi connectivity index (χ4n) is 3.93. The summed E-state index contributed by atoms with van der Waals surface area (Å²) in [4.78, 5) is 17.6. The van der Waals surface area contributed by atoms with E-state index >= 15 is 0 Å². The molecule has 134 valence electrons. The Balaban J connectivity index is 1.79. The molecule has 0 saturated carbocycles. The molecular weight excluding hydrogens is 356 g/mol. The van der Waals surface area contributed by atoms with E-state index in [1.807, 2.05) is 55.5 Å². The minimum atomic E-state index is -0.683. The van der Waals surface area contributed by atoms with Crippen LogP contribution in [0.4, 0.5) is 5.13 Å². The molecule has 1 N–H and O–H groups in total. The molecule has 0 unspecified atom stereocenters.